The third-order valence-corrected chi connectivity index (χ3v) is 3.48. The number of hydrogen-bond acceptors (Lipinski definition) is 4. The van der Waals surface area contributed by atoms with E-state index in [4.69, 9.17) is 11.6 Å². The van der Waals surface area contributed by atoms with Gasteiger partial charge in [0.25, 0.3) is 5.91 Å². The molecule has 0 saturated heterocycles. The van der Waals surface area contributed by atoms with Crippen LogP contribution in [0.4, 0.5) is 11.5 Å². The van der Waals surface area contributed by atoms with Crippen molar-refractivity contribution in [1.82, 2.24) is 15.3 Å². The number of rotatable bonds is 4. The second-order valence-electron chi connectivity index (χ2n) is 5.12. The molecular weight excluding hydrogens is 288 g/mol. The summed E-state index contributed by atoms with van der Waals surface area (Å²) in [6, 6.07) is 5.87. The molecule has 0 unspecified atom stereocenters. The Morgan fingerprint density at radius 2 is 2.10 bits per heavy atom. The summed E-state index contributed by atoms with van der Waals surface area (Å²) in [6.07, 6.45) is 5.13. The molecule has 1 aliphatic carbocycles. The van der Waals surface area contributed by atoms with E-state index in [1.165, 1.54) is 6.20 Å². The number of aryl methyl sites for hydroxylation is 1. The maximum absolute atomic E-state index is 11.8. The summed E-state index contributed by atoms with van der Waals surface area (Å²) in [4.78, 5) is 20.2. The minimum Gasteiger partial charge on any atom is -0.348 e. The average molecular weight is 303 g/mol. The number of hydrogen-bond donors (Lipinski definition) is 2. The van der Waals surface area contributed by atoms with Gasteiger partial charge in [-0.1, -0.05) is 11.6 Å². The number of halogens is 1. The highest BCUT2D eigenvalue weighted by Crippen LogP contribution is 2.22. The van der Waals surface area contributed by atoms with Gasteiger partial charge in [-0.15, -0.1) is 0 Å². The molecule has 108 valence electrons. The highest BCUT2D eigenvalue weighted by molar-refractivity contribution is 6.30. The molecule has 0 spiro atoms. The number of carbonyl (C=O) groups excluding carboxylic acids is 1. The first-order valence-corrected chi connectivity index (χ1v) is 7.16. The van der Waals surface area contributed by atoms with Crippen molar-refractivity contribution in [1.29, 1.82) is 0 Å². The number of anilines is 2. The first-order valence-electron chi connectivity index (χ1n) is 6.78. The van der Waals surface area contributed by atoms with E-state index in [2.05, 4.69) is 20.6 Å². The molecule has 1 aliphatic rings. The van der Waals surface area contributed by atoms with Crippen LogP contribution in [-0.2, 0) is 0 Å². The first-order chi connectivity index (χ1) is 10.1. The molecule has 1 aromatic heterocycles. The van der Waals surface area contributed by atoms with Gasteiger partial charge in [0, 0.05) is 16.8 Å². The highest BCUT2D eigenvalue weighted by Gasteiger charge is 2.24. The molecule has 0 aliphatic heterocycles. The van der Waals surface area contributed by atoms with E-state index in [0.717, 1.165) is 24.1 Å². The Morgan fingerprint density at radius 3 is 2.71 bits per heavy atom. The first kappa shape index (κ1) is 13.8. The third-order valence-electron chi connectivity index (χ3n) is 3.25. The largest absolute Gasteiger partial charge is 0.348 e. The summed E-state index contributed by atoms with van der Waals surface area (Å²) in [5.74, 6) is 0.419. The topological polar surface area (TPSA) is 66.9 Å². The van der Waals surface area contributed by atoms with Gasteiger partial charge < -0.3 is 10.6 Å². The third kappa shape index (κ3) is 3.49. The molecule has 2 N–H and O–H groups in total. The van der Waals surface area contributed by atoms with Crippen molar-refractivity contribution in [3.05, 3.63) is 46.9 Å². The Hall–Kier alpha value is -2.14. The zero-order valence-electron chi connectivity index (χ0n) is 11.6. The summed E-state index contributed by atoms with van der Waals surface area (Å²) in [6.45, 7) is 1.96. The lowest BCUT2D eigenvalue weighted by atomic mass is 10.2. The Balaban J connectivity index is 1.70. The van der Waals surface area contributed by atoms with Gasteiger partial charge in [-0.05, 0) is 43.5 Å². The van der Waals surface area contributed by atoms with Crippen molar-refractivity contribution in [3.8, 4) is 0 Å². The van der Waals surface area contributed by atoms with Crippen molar-refractivity contribution in [3.63, 3.8) is 0 Å². The molecule has 6 heteroatoms. The molecular formula is C15H15ClN4O. The van der Waals surface area contributed by atoms with Crippen molar-refractivity contribution in [2.45, 2.75) is 25.8 Å². The molecule has 3 rings (SSSR count). The van der Waals surface area contributed by atoms with Crippen LogP contribution in [0.1, 0.15) is 28.9 Å². The smallest absolute Gasteiger partial charge is 0.271 e. The summed E-state index contributed by atoms with van der Waals surface area (Å²) >= 11 is 5.92. The highest BCUT2D eigenvalue weighted by atomic mass is 35.5. The number of nitrogens with one attached hydrogen (secondary N) is 2. The summed E-state index contributed by atoms with van der Waals surface area (Å²) in [5, 5.41) is 6.72. The molecule has 5 nitrogen and oxygen atoms in total. The molecule has 1 saturated carbocycles. The minimum absolute atomic E-state index is 0.167. The molecule has 1 aromatic carbocycles. The van der Waals surface area contributed by atoms with Crippen molar-refractivity contribution < 1.29 is 4.79 Å². The van der Waals surface area contributed by atoms with E-state index in [1.54, 1.807) is 6.20 Å². The van der Waals surface area contributed by atoms with E-state index in [-0.39, 0.29) is 5.91 Å². The molecule has 2 aromatic rings. The van der Waals surface area contributed by atoms with E-state index >= 15 is 0 Å². The van der Waals surface area contributed by atoms with Crippen LogP contribution < -0.4 is 10.6 Å². The SMILES string of the molecule is Cc1cc(Cl)ccc1Nc1cnc(C(=O)NC2CC2)cn1. The van der Waals surface area contributed by atoms with E-state index < -0.39 is 0 Å². The van der Waals surface area contributed by atoms with Crippen LogP contribution in [0.25, 0.3) is 0 Å². The van der Waals surface area contributed by atoms with Crippen molar-refractivity contribution in [2.24, 2.45) is 0 Å². The zero-order valence-corrected chi connectivity index (χ0v) is 12.3. The monoisotopic (exact) mass is 302 g/mol. The van der Waals surface area contributed by atoms with Crippen LogP contribution >= 0.6 is 11.6 Å². The van der Waals surface area contributed by atoms with Gasteiger partial charge >= 0.3 is 0 Å². The fraction of sp³-hybridized carbons (Fsp3) is 0.267. The van der Waals surface area contributed by atoms with E-state index in [1.807, 2.05) is 25.1 Å². The summed E-state index contributed by atoms with van der Waals surface area (Å²) in [5.41, 5.74) is 2.25. The number of benzene rings is 1. The predicted octanol–water partition coefficient (Wildman–Crippen LogP) is 3.07. The Labute approximate surface area is 127 Å². The molecule has 1 amide bonds. The molecule has 0 atom stereocenters. The zero-order chi connectivity index (χ0) is 14.8. The number of carbonyl (C=O) groups is 1. The van der Waals surface area contributed by atoms with Gasteiger partial charge in [0.05, 0.1) is 12.4 Å². The maximum Gasteiger partial charge on any atom is 0.271 e. The van der Waals surface area contributed by atoms with Gasteiger partial charge in [0.1, 0.15) is 11.5 Å². The lowest BCUT2D eigenvalue weighted by Gasteiger charge is -2.09. The summed E-state index contributed by atoms with van der Waals surface area (Å²) < 4.78 is 0. The summed E-state index contributed by atoms with van der Waals surface area (Å²) in [7, 11) is 0. The van der Waals surface area contributed by atoms with Crippen molar-refractivity contribution >= 4 is 29.0 Å². The van der Waals surface area contributed by atoms with Gasteiger partial charge in [-0.25, -0.2) is 9.97 Å². The average Bonchev–Trinajstić information content (AvgIpc) is 3.26. The van der Waals surface area contributed by atoms with E-state index in [0.29, 0.717) is 22.6 Å². The number of amides is 1. The molecule has 1 fully saturated rings. The van der Waals surface area contributed by atoms with Crippen LogP contribution in [-0.4, -0.2) is 21.9 Å². The lowest BCUT2D eigenvalue weighted by Crippen LogP contribution is -2.26. The van der Waals surface area contributed by atoms with Crippen LogP contribution in [0.5, 0.6) is 0 Å². The Bertz CT molecular complexity index is 668. The Kier molecular flexibility index (Phi) is 3.75. The number of aromatic nitrogens is 2. The van der Waals surface area contributed by atoms with Gasteiger partial charge in [0.2, 0.25) is 0 Å². The lowest BCUT2D eigenvalue weighted by molar-refractivity contribution is 0.0945. The predicted molar refractivity (Wildman–Crippen MR) is 82.0 cm³/mol. The van der Waals surface area contributed by atoms with Gasteiger partial charge in [0.15, 0.2) is 0 Å². The van der Waals surface area contributed by atoms with Gasteiger partial charge in [-0.3, -0.25) is 4.79 Å². The second kappa shape index (κ2) is 5.69. The molecule has 0 bridgehead atoms. The second-order valence-corrected chi connectivity index (χ2v) is 5.56. The van der Waals surface area contributed by atoms with Crippen LogP contribution in [0.2, 0.25) is 5.02 Å². The molecule has 1 heterocycles. The van der Waals surface area contributed by atoms with E-state index in [9.17, 15) is 4.79 Å². The molecule has 21 heavy (non-hydrogen) atoms. The number of nitrogens with zero attached hydrogens (tertiary/aromatic N) is 2. The van der Waals surface area contributed by atoms with Gasteiger partial charge in [-0.2, -0.15) is 0 Å². The fourth-order valence-electron chi connectivity index (χ4n) is 1.90. The normalized spacial score (nSPS) is 13.8. The fourth-order valence-corrected chi connectivity index (χ4v) is 2.13. The maximum atomic E-state index is 11.8. The minimum atomic E-state index is -0.167. The van der Waals surface area contributed by atoms with Crippen LogP contribution in [0.15, 0.2) is 30.6 Å². The van der Waals surface area contributed by atoms with Crippen LogP contribution in [0, 0.1) is 6.92 Å². The Morgan fingerprint density at radius 1 is 1.29 bits per heavy atom. The van der Waals surface area contributed by atoms with Crippen molar-refractivity contribution in [2.75, 3.05) is 5.32 Å². The van der Waals surface area contributed by atoms with Crippen LogP contribution in [0.3, 0.4) is 0 Å². The quantitative estimate of drug-likeness (QED) is 0.911. The standard InChI is InChI=1S/C15H15ClN4O/c1-9-6-10(16)2-5-12(9)20-14-8-17-13(7-18-14)15(21)19-11-3-4-11/h2,5-8,11H,3-4H2,1H3,(H,18,20)(H,19,21). The molecule has 0 radical (unpaired) electrons.